The lowest BCUT2D eigenvalue weighted by Crippen LogP contribution is -2.42. The van der Waals surface area contributed by atoms with Gasteiger partial charge in [0, 0.05) is 37.2 Å². The van der Waals surface area contributed by atoms with E-state index in [4.69, 9.17) is 5.73 Å². The van der Waals surface area contributed by atoms with E-state index in [0.717, 1.165) is 37.4 Å². The molecule has 0 bridgehead atoms. The van der Waals surface area contributed by atoms with E-state index in [1.165, 1.54) is 0 Å². The quantitative estimate of drug-likeness (QED) is 0.880. The van der Waals surface area contributed by atoms with E-state index in [9.17, 15) is 9.59 Å². The average Bonchev–Trinajstić information content (AvgIpc) is 2.60. The summed E-state index contributed by atoms with van der Waals surface area (Å²) in [6.45, 7) is 5.05. The molecule has 2 N–H and O–H groups in total. The third-order valence-corrected chi connectivity index (χ3v) is 5.26. The van der Waals surface area contributed by atoms with Crippen LogP contribution >= 0.6 is 0 Å². The van der Waals surface area contributed by atoms with Gasteiger partial charge in [-0.3, -0.25) is 9.59 Å². The number of nitrogens with two attached hydrogens (primary N) is 1. The Bertz CT molecular complexity index is 655. The smallest absolute Gasteiger partial charge is 0.272 e. The van der Waals surface area contributed by atoms with Gasteiger partial charge in [0.25, 0.3) is 5.91 Å². The summed E-state index contributed by atoms with van der Waals surface area (Å²) >= 11 is 0. The molecule has 0 aromatic carbocycles. The Morgan fingerprint density at radius 1 is 1.16 bits per heavy atom. The molecule has 1 atom stereocenters. The molecular weight excluding hydrogens is 318 g/mol. The van der Waals surface area contributed by atoms with E-state index in [-0.39, 0.29) is 23.7 Å². The van der Waals surface area contributed by atoms with Crippen LogP contribution in [0.25, 0.3) is 0 Å². The summed E-state index contributed by atoms with van der Waals surface area (Å²) in [6.07, 6.45) is 3.45. The number of hydrogen-bond acceptors (Lipinski definition) is 5. The first kappa shape index (κ1) is 17.8. The van der Waals surface area contributed by atoms with Gasteiger partial charge in [-0.25, -0.2) is 9.97 Å². The van der Waals surface area contributed by atoms with Crippen molar-refractivity contribution in [3.05, 3.63) is 23.3 Å². The molecule has 2 fully saturated rings. The highest BCUT2D eigenvalue weighted by Gasteiger charge is 2.28. The van der Waals surface area contributed by atoms with Crippen molar-refractivity contribution in [1.82, 2.24) is 19.8 Å². The molecule has 0 radical (unpaired) electrons. The van der Waals surface area contributed by atoms with Crippen LogP contribution in [0.1, 0.15) is 53.6 Å². The number of aromatic nitrogens is 2. The minimum absolute atomic E-state index is 0.0705. The van der Waals surface area contributed by atoms with Crippen LogP contribution in [0, 0.1) is 12.8 Å². The Kier molecular flexibility index (Phi) is 5.32. The summed E-state index contributed by atoms with van der Waals surface area (Å²) in [5.41, 5.74) is 6.66. The maximum atomic E-state index is 12.8. The first-order valence-electron chi connectivity index (χ1n) is 9.06. The van der Waals surface area contributed by atoms with Crippen LogP contribution in [0.2, 0.25) is 0 Å². The van der Waals surface area contributed by atoms with Crippen LogP contribution in [-0.2, 0) is 4.79 Å². The molecule has 1 unspecified atom stereocenters. The van der Waals surface area contributed by atoms with Crippen LogP contribution < -0.4 is 5.73 Å². The Labute approximate surface area is 148 Å². The SMILES string of the molecule is Cc1cc(C(=O)N2CCC(C(N)=O)CC2)nc(C2CCCN(C)C2)n1. The number of aryl methyl sites for hydroxylation is 1. The maximum Gasteiger partial charge on any atom is 0.272 e. The molecular formula is C18H27N5O2. The fourth-order valence-electron chi connectivity index (χ4n) is 3.79. The number of piperidine rings is 2. The Morgan fingerprint density at radius 3 is 2.52 bits per heavy atom. The standard InChI is InChI=1S/C18H27N5O2/c1-12-10-15(18(25)23-8-5-13(6-9-23)16(19)24)21-17(20-12)14-4-3-7-22(2)11-14/h10,13-14H,3-9,11H2,1-2H3,(H2,19,24). The molecule has 25 heavy (non-hydrogen) atoms. The topological polar surface area (TPSA) is 92.4 Å². The van der Waals surface area contributed by atoms with Gasteiger partial charge < -0.3 is 15.5 Å². The molecule has 0 spiro atoms. The molecule has 2 amide bonds. The molecule has 2 aliphatic rings. The van der Waals surface area contributed by atoms with Gasteiger partial charge >= 0.3 is 0 Å². The van der Waals surface area contributed by atoms with E-state index in [0.29, 0.717) is 31.6 Å². The molecule has 7 nitrogen and oxygen atoms in total. The zero-order valence-electron chi connectivity index (χ0n) is 15.1. The first-order valence-corrected chi connectivity index (χ1v) is 9.06. The van der Waals surface area contributed by atoms with Crippen molar-refractivity contribution < 1.29 is 9.59 Å². The molecule has 0 aliphatic carbocycles. The summed E-state index contributed by atoms with van der Waals surface area (Å²) in [4.78, 5) is 37.4. The number of carbonyl (C=O) groups is 2. The van der Waals surface area contributed by atoms with Crippen molar-refractivity contribution in [2.45, 2.75) is 38.5 Å². The zero-order valence-corrected chi connectivity index (χ0v) is 15.1. The van der Waals surface area contributed by atoms with Crippen LogP contribution in [0.15, 0.2) is 6.07 Å². The molecule has 2 aliphatic heterocycles. The largest absolute Gasteiger partial charge is 0.369 e. The molecule has 136 valence electrons. The van der Waals surface area contributed by atoms with Gasteiger partial charge in [-0.05, 0) is 52.3 Å². The van der Waals surface area contributed by atoms with Gasteiger partial charge in [-0.15, -0.1) is 0 Å². The van der Waals surface area contributed by atoms with E-state index < -0.39 is 0 Å². The van der Waals surface area contributed by atoms with Gasteiger partial charge in [0.1, 0.15) is 11.5 Å². The number of nitrogens with zero attached hydrogens (tertiary/aromatic N) is 4. The van der Waals surface area contributed by atoms with Crippen molar-refractivity contribution in [1.29, 1.82) is 0 Å². The van der Waals surface area contributed by atoms with Crippen molar-refractivity contribution in [2.75, 3.05) is 33.2 Å². The number of primary amides is 1. The predicted molar refractivity (Wildman–Crippen MR) is 94.1 cm³/mol. The lowest BCUT2D eigenvalue weighted by Gasteiger charge is -2.31. The number of rotatable bonds is 3. The van der Waals surface area contributed by atoms with Crippen molar-refractivity contribution in [2.24, 2.45) is 11.7 Å². The van der Waals surface area contributed by atoms with Gasteiger partial charge in [0.05, 0.1) is 0 Å². The first-order chi connectivity index (χ1) is 11.9. The minimum Gasteiger partial charge on any atom is -0.369 e. The van der Waals surface area contributed by atoms with Crippen LogP contribution in [-0.4, -0.2) is 64.8 Å². The number of hydrogen-bond donors (Lipinski definition) is 1. The monoisotopic (exact) mass is 345 g/mol. The fourth-order valence-corrected chi connectivity index (χ4v) is 3.79. The predicted octanol–water partition coefficient (Wildman–Crippen LogP) is 0.932. The minimum atomic E-state index is -0.270. The van der Waals surface area contributed by atoms with E-state index in [1.807, 2.05) is 6.92 Å². The lowest BCUT2D eigenvalue weighted by atomic mass is 9.96. The molecule has 2 saturated heterocycles. The molecule has 0 saturated carbocycles. The van der Waals surface area contributed by atoms with Crippen molar-refractivity contribution >= 4 is 11.8 Å². The Balaban J connectivity index is 1.73. The summed E-state index contributed by atoms with van der Waals surface area (Å²) in [7, 11) is 2.11. The third-order valence-electron chi connectivity index (χ3n) is 5.26. The number of likely N-dealkylation sites (tertiary alicyclic amines) is 2. The summed E-state index contributed by atoms with van der Waals surface area (Å²) in [5.74, 6) is 0.602. The highest BCUT2D eigenvalue weighted by Crippen LogP contribution is 2.25. The second kappa shape index (κ2) is 7.47. The summed E-state index contributed by atoms with van der Waals surface area (Å²) in [6, 6.07) is 1.76. The number of carbonyl (C=O) groups excluding carboxylic acids is 2. The van der Waals surface area contributed by atoms with Crippen LogP contribution in [0.3, 0.4) is 0 Å². The second-order valence-corrected chi connectivity index (χ2v) is 7.32. The highest BCUT2D eigenvalue weighted by molar-refractivity contribution is 5.92. The number of amides is 2. The lowest BCUT2D eigenvalue weighted by molar-refractivity contribution is -0.123. The highest BCUT2D eigenvalue weighted by atomic mass is 16.2. The molecule has 1 aromatic heterocycles. The van der Waals surface area contributed by atoms with E-state index in [2.05, 4.69) is 21.9 Å². The normalized spacial score (nSPS) is 22.8. The maximum absolute atomic E-state index is 12.8. The fraction of sp³-hybridized carbons (Fsp3) is 0.667. The third kappa shape index (κ3) is 4.15. The zero-order chi connectivity index (χ0) is 18.0. The summed E-state index contributed by atoms with van der Waals surface area (Å²) in [5, 5.41) is 0. The Morgan fingerprint density at radius 2 is 1.88 bits per heavy atom. The molecule has 1 aromatic rings. The van der Waals surface area contributed by atoms with Crippen molar-refractivity contribution in [3.63, 3.8) is 0 Å². The van der Waals surface area contributed by atoms with Crippen LogP contribution in [0.5, 0.6) is 0 Å². The van der Waals surface area contributed by atoms with Gasteiger partial charge in [-0.1, -0.05) is 0 Å². The number of likely N-dealkylation sites (N-methyl/N-ethyl adjacent to an activating group) is 1. The van der Waals surface area contributed by atoms with Gasteiger partial charge in [-0.2, -0.15) is 0 Å². The summed E-state index contributed by atoms with van der Waals surface area (Å²) < 4.78 is 0. The van der Waals surface area contributed by atoms with Gasteiger partial charge in [0.2, 0.25) is 5.91 Å². The molecule has 3 rings (SSSR count). The van der Waals surface area contributed by atoms with Gasteiger partial charge in [0.15, 0.2) is 0 Å². The molecule has 3 heterocycles. The van der Waals surface area contributed by atoms with E-state index in [1.54, 1.807) is 11.0 Å². The average molecular weight is 345 g/mol. The second-order valence-electron chi connectivity index (χ2n) is 7.32. The van der Waals surface area contributed by atoms with E-state index >= 15 is 0 Å². The molecule has 7 heteroatoms. The Hall–Kier alpha value is -2.02. The van der Waals surface area contributed by atoms with Crippen molar-refractivity contribution in [3.8, 4) is 0 Å². The van der Waals surface area contributed by atoms with Crippen LogP contribution in [0.4, 0.5) is 0 Å².